The summed E-state index contributed by atoms with van der Waals surface area (Å²) < 4.78 is 15.6. The fraction of sp³-hybridized carbons (Fsp3) is 0. The smallest absolute Gasteiger partial charge is 0.164 e. The van der Waals surface area contributed by atoms with Gasteiger partial charge in [0.05, 0.1) is 0 Å². The van der Waals surface area contributed by atoms with Gasteiger partial charge in [-0.15, -0.1) is 11.3 Å². The molecule has 0 saturated heterocycles. The van der Waals surface area contributed by atoms with E-state index in [4.69, 9.17) is 23.8 Å². The van der Waals surface area contributed by atoms with Crippen LogP contribution in [0.25, 0.3) is 132 Å². The molecule has 13 aromatic rings. The van der Waals surface area contributed by atoms with Crippen molar-refractivity contribution < 1.29 is 8.83 Å². The number of para-hydroxylation sites is 2. The highest BCUT2D eigenvalue weighted by molar-refractivity contribution is 7.26. The van der Waals surface area contributed by atoms with Gasteiger partial charge in [-0.25, -0.2) is 15.0 Å². The molecule has 5 heterocycles. The molecule has 8 aromatic carbocycles. The SMILES string of the molecule is c1cncc(-c2cccc(-c3nc(-c4ccc(-c5ccc(-c6cccc7c6sc6ccccc67)c6oc7ccccc7c56)cc4)nc(-c4ccc5c(c4)oc4ccccc45)n3)c2)c1. The Morgan fingerprint density at radius 3 is 1.81 bits per heavy atom. The van der Waals surface area contributed by atoms with Crippen LogP contribution in [0.5, 0.6) is 0 Å². The van der Waals surface area contributed by atoms with Crippen molar-refractivity contribution in [2.24, 2.45) is 0 Å². The molecule has 0 unspecified atom stereocenters. The minimum atomic E-state index is 0.559. The highest BCUT2D eigenvalue weighted by Crippen LogP contribution is 2.46. The molecule has 0 bridgehead atoms. The van der Waals surface area contributed by atoms with Crippen LogP contribution in [0.2, 0.25) is 0 Å². The first-order chi connectivity index (χ1) is 31.2. The molecule has 6 nitrogen and oxygen atoms in total. The summed E-state index contributed by atoms with van der Waals surface area (Å²) in [5.74, 6) is 1.71. The summed E-state index contributed by atoms with van der Waals surface area (Å²) >= 11 is 1.83. The second-order valence-electron chi connectivity index (χ2n) is 15.8. The molecule has 0 aliphatic heterocycles. The lowest BCUT2D eigenvalue weighted by molar-refractivity contribution is 0.669. The maximum Gasteiger partial charge on any atom is 0.164 e. The first-order valence-corrected chi connectivity index (χ1v) is 21.7. The third-order valence-corrected chi connectivity index (χ3v) is 13.3. The number of rotatable bonds is 6. The van der Waals surface area contributed by atoms with E-state index in [9.17, 15) is 0 Å². The number of benzene rings is 8. The van der Waals surface area contributed by atoms with Crippen LogP contribution in [-0.2, 0) is 0 Å². The fourth-order valence-electron chi connectivity index (χ4n) is 9.04. The van der Waals surface area contributed by atoms with Crippen molar-refractivity contribution in [3.05, 3.63) is 194 Å². The zero-order valence-electron chi connectivity index (χ0n) is 33.5. The van der Waals surface area contributed by atoms with Gasteiger partial charge >= 0.3 is 0 Å². The van der Waals surface area contributed by atoms with Gasteiger partial charge in [0.2, 0.25) is 0 Å². The van der Waals surface area contributed by atoms with E-state index in [2.05, 4.69) is 138 Å². The zero-order valence-corrected chi connectivity index (χ0v) is 34.3. The number of fused-ring (bicyclic) bond motifs is 9. The number of thiophene rings is 1. The molecule has 0 saturated carbocycles. The summed E-state index contributed by atoms with van der Waals surface area (Å²) in [7, 11) is 0. The summed E-state index contributed by atoms with van der Waals surface area (Å²) in [5.41, 5.74) is 12.4. The van der Waals surface area contributed by atoms with Crippen molar-refractivity contribution in [3.8, 4) is 67.5 Å². The van der Waals surface area contributed by atoms with Gasteiger partial charge in [0.15, 0.2) is 17.5 Å². The second kappa shape index (κ2) is 14.2. The predicted molar refractivity (Wildman–Crippen MR) is 258 cm³/mol. The van der Waals surface area contributed by atoms with Crippen molar-refractivity contribution >= 4 is 75.4 Å². The molecule has 0 aliphatic carbocycles. The van der Waals surface area contributed by atoms with Crippen LogP contribution >= 0.6 is 11.3 Å². The van der Waals surface area contributed by atoms with Crippen molar-refractivity contribution in [1.82, 2.24) is 19.9 Å². The third kappa shape index (κ3) is 5.86. The Bertz CT molecular complexity index is 3920. The number of hydrogen-bond acceptors (Lipinski definition) is 7. The standard InChI is InChI=1S/C56H32N4O2S/c1-4-18-47-40(13-1)41-26-25-37(31-49(41)61-47)56-59-54(58-55(60-56)36-11-7-10-35(30-36)38-12-9-29-57-32-38)34-23-21-33(22-24-34)39-27-28-43(52-51(39)46-15-2-5-19-48(46)62-52)45-17-8-16-44-42-14-3-6-20-50(42)63-53(44)45/h1-32H. The van der Waals surface area contributed by atoms with Crippen LogP contribution in [0.4, 0.5) is 0 Å². The van der Waals surface area contributed by atoms with Gasteiger partial charge in [-0.1, -0.05) is 133 Å². The first kappa shape index (κ1) is 35.5. The van der Waals surface area contributed by atoms with Crippen LogP contribution < -0.4 is 0 Å². The molecule has 0 N–H and O–H groups in total. The monoisotopic (exact) mass is 824 g/mol. The Hall–Kier alpha value is -8.26. The molecule has 63 heavy (non-hydrogen) atoms. The molecule has 294 valence electrons. The van der Waals surface area contributed by atoms with Crippen molar-refractivity contribution in [2.45, 2.75) is 0 Å². The highest BCUT2D eigenvalue weighted by Gasteiger charge is 2.21. The fourth-order valence-corrected chi connectivity index (χ4v) is 10.3. The van der Waals surface area contributed by atoms with E-state index in [1.165, 1.54) is 25.7 Å². The molecule has 0 amide bonds. The van der Waals surface area contributed by atoms with Crippen molar-refractivity contribution in [3.63, 3.8) is 0 Å². The summed E-state index contributed by atoms with van der Waals surface area (Å²) in [6.07, 6.45) is 3.65. The summed E-state index contributed by atoms with van der Waals surface area (Å²) in [6.45, 7) is 0. The number of pyridine rings is 1. The van der Waals surface area contributed by atoms with Gasteiger partial charge in [0, 0.05) is 87.5 Å². The van der Waals surface area contributed by atoms with Crippen LogP contribution in [0.15, 0.2) is 203 Å². The predicted octanol–water partition coefficient (Wildman–Crippen LogP) is 15.4. The van der Waals surface area contributed by atoms with E-state index < -0.39 is 0 Å². The van der Waals surface area contributed by atoms with Crippen molar-refractivity contribution in [2.75, 3.05) is 0 Å². The summed E-state index contributed by atoms with van der Waals surface area (Å²) in [4.78, 5) is 19.7. The second-order valence-corrected chi connectivity index (χ2v) is 16.8. The Labute approximate surface area is 364 Å². The van der Waals surface area contributed by atoms with Crippen LogP contribution in [-0.4, -0.2) is 19.9 Å². The first-order valence-electron chi connectivity index (χ1n) is 20.8. The van der Waals surface area contributed by atoms with E-state index in [0.717, 1.165) is 88.4 Å². The van der Waals surface area contributed by atoms with E-state index in [-0.39, 0.29) is 0 Å². The van der Waals surface area contributed by atoms with E-state index >= 15 is 0 Å². The Balaban J connectivity index is 0.946. The Kier molecular flexibility index (Phi) is 7.98. The maximum atomic E-state index is 6.77. The van der Waals surface area contributed by atoms with E-state index in [1.807, 2.05) is 66.1 Å². The maximum absolute atomic E-state index is 6.77. The lowest BCUT2D eigenvalue weighted by Gasteiger charge is -2.11. The Morgan fingerprint density at radius 2 is 0.984 bits per heavy atom. The van der Waals surface area contributed by atoms with Crippen LogP contribution in [0.3, 0.4) is 0 Å². The summed E-state index contributed by atoms with van der Waals surface area (Å²) in [5, 5.41) is 6.84. The molecule has 0 atom stereocenters. The molecule has 0 fully saturated rings. The number of furan rings is 2. The van der Waals surface area contributed by atoms with Gasteiger partial charge in [-0.05, 0) is 65.2 Å². The highest BCUT2D eigenvalue weighted by atomic mass is 32.1. The molecule has 7 heteroatoms. The van der Waals surface area contributed by atoms with Gasteiger partial charge in [-0.2, -0.15) is 0 Å². The molecule has 13 rings (SSSR count). The molecular formula is C56H32N4O2S. The van der Waals surface area contributed by atoms with E-state index in [1.54, 1.807) is 6.20 Å². The van der Waals surface area contributed by atoms with E-state index in [0.29, 0.717) is 17.5 Å². The van der Waals surface area contributed by atoms with Crippen LogP contribution in [0.1, 0.15) is 0 Å². The van der Waals surface area contributed by atoms with Gasteiger partial charge in [0.1, 0.15) is 22.3 Å². The molecular weight excluding hydrogens is 793 g/mol. The number of aromatic nitrogens is 4. The zero-order chi connectivity index (χ0) is 41.4. The van der Waals surface area contributed by atoms with Gasteiger partial charge in [0.25, 0.3) is 0 Å². The number of hydrogen-bond donors (Lipinski definition) is 0. The molecule has 0 aliphatic rings. The minimum Gasteiger partial charge on any atom is -0.456 e. The largest absolute Gasteiger partial charge is 0.456 e. The Morgan fingerprint density at radius 1 is 0.365 bits per heavy atom. The van der Waals surface area contributed by atoms with Crippen LogP contribution in [0, 0.1) is 0 Å². The molecule has 0 radical (unpaired) electrons. The number of nitrogens with zero attached hydrogens (tertiary/aromatic N) is 4. The van der Waals surface area contributed by atoms with Crippen molar-refractivity contribution in [1.29, 1.82) is 0 Å². The lowest BCUT2D eigenvalue weighted by atomic mass is 9.93. The third-order valence-electron chi connectivity index (χ3n) is 12.1. The summed E-state index contributed by atoms with van der Waals surface area (Å²) in [6, 6.07) is 63.1. The van der Waals surface area contributed by atoms with Gasteiger partial charge in [-0.3, -0.25) is 4.98 Å². The average molecular weight is 825 g/mol. The normalized spacial score (nSPS) is 11.8. The lowest BCUT2D eigenvalue weighted by Crippen LogP contribution is -2.00. The average Bonchev–Trinajstić information content (AvgIpc) is 4.06. The topological polar surface area (TPSA) is 77.8 Å². The minimum absolute atomic E-state index is 0.559. The molecule has 0 spiro atoms. The molecule has 5 aromatic heterocycles. The van der Waals surface area contributed by atoms with Gasteiger partial charge < -0.3 is 8.83 Å². The quantitative estimate of drug-likeness (QED) is 0.166.